The molecule has 0 radical (unpaired) electrons. The summed E-state index contributed by atoms with van der Waals surface area (Å²) in [6, 6.07) is 15.1. The van der Waals surface area contributed by atoms with Gasteiger partial charge in [0.05, 0.1) is 22.2 Å². The third-order valence-corrected chi connectivity index (χ3v) is 3.69. The summed E-state index contributed by atoms with van der Waals surface area (Å²) in [6.45, 7) is 2.01. The number of nitrogens with zero attached hydrogens (tertiary/aromatic N) is 3. The van der Waals surface area contributed by atoms with E-state index >= 15 is 0 Å². The molecule has 100 valence electrons. The molecule has 1 heterocycles. The Balaban J connectivity index is 2.37. The predicted octanol–water partition coefficient (Wildman–Crippen LogP) is 3.74. The van der Waals surface area contributed by atoms with Crippen molar-refractivity contribution in [2.24, 2.45) is 0 Å². The minimum atomic E-state index is 0.347. The van der Waals surface area contributed by atoms with Gasteiger partial charge in [-0.25, -0.2) is 0 Å². The van der Waals surface area contributed by atoms with Crippen molar-refractivity contribution >= 4 is 23.3 Å². The van der Waals surface area contributed by atoms with Gasteiger partial charge in [0, 0.05) is 5.69 Å². The molecule has 0 amide bonds. The Morgan fingerprint density at radius 2 is 1.86 bits per heavy atom. The molecular formula is C16H10N4S. The van der Waals surface area contributed by atoms with Gasteiger partial charge in [-0.2, -0.15) is 10.5 Å². The highest BCUT2D eigenvalue weighted by atomic mass is 32.1. The fraction of sp³-hybridized carbons (Fsp3) is 0.0625. The molecule has 0 saturated carbocycles. The van der Waals surface area contributed by atoms with Gasteiger partial charge in [0.25, 0.3) is 0 Å². The molecule has 0 unspecified atom stereocenters. The summed E-state index contributed by atoms with van der Waals surface area (Å²) in [5, 5.41) is 18.2. The molecule has 4 nitrogen and oxygen atoms in total. The fourth-order valence-electron chi connectivity index (χ4n) is 2.44. The van der Waals surface area contributed by atoms with Crippen LogP contribution in [0.4, 0.5) is 0 Å². The van der Waals surface area contributed by atoms with Gasteiger partial charge in [0.2, 0.25) is 0 Å². The second-order valence-corrected chi connectivity index (χ2v) is 5.08. The van der Waals surface area contributed by atoms with Crippen molar-refractivity contribution < 1.29 is 0 Å². The number of benzene rings is 2. The van der Waals surface area contributed by atoms with Crippen molar-refractivity contribution in [3.63, 3.8) is 0 Å². The third kappa shape index (κ3) is 2.01. The molecule has 0 atom stereocenters. The van der Waals surface area contributed by atoms with Crippen LogP contribution in [0.3, 0.4) is 0 Å². The van der Waals surface area contributed by atoms with Gasteiger partial charge in [0.15, 0.2) is 4.77 Å². The summed E-state index contributed by atoms with van der Waals surface area (Å²) in [4.78, 5) is 3.16. The van der Waals surface area contributed by atoms with Gasteiger partial charge < -0.3 is 4.98 Å². The summed E-state index contributed by atoms with van der Waals surface area (Å²) in [6.07, 6.45) is 0. The molecule has 1 N–H and O–H groups in total. The van der Waals surface area contributed by atoms with E-state index in [2.05, 4.69) is 11.1 Å². The Morgan fingerprint density at radius 1 is 1.10 bits per heavy atom. The molecule has 0 spiro atoms. The van der Waals surface area contributed by atoms with E-state index in [1.165, 1.54) is 0 Å². The highest BCUT2D eigenvalue weighted by Gasteiger charge is 2.10. The number of nitriles is 2. The van der Waals surface area contributed by atoms with Crippen molar-refractivity contribution in [1.82, 2.24) is 9.55 Å². The molecule has 0 saturated heterocycles. The molecule has 0 fully saturated rings. The summed E-state index contributed by atoms with van der Waals surface area (Å²) in [5.41, 5.74) is 4.50. The predicted molar refractivity (Wildman–Crippen MR) is 82.6 cm³/mol. The van der Waals surface area contributed by atoms with Gasteiger partial charge in [-0.3, -0.25) is 4.57 Å². The van der Waals surface area contributed by atoms with Crippen LogP contribution in [-0.2, 0) is 0 Å². The van der Waals surface area contributed by atoms with Crippen molar-refractivity contribution in [3.8, 4) is 17.8 Å². The summed E-state index contributed by atoms with van der Waals surface area (Å²) in [5.74, 6) is 0. The number of aryl methyl sites for hydroxylation is 1. The molecule has 21 heavy (non-hydrogen) atoms. The molecule has 0 aliphatic rings. The van der Waals surface area contributed by atoms with Crippen LogP contribution in [-0.4, -0.2) is 9.55 Å². The van der Waals surface area contributed by atoms with Crippen LogP contribution in [0, 0.1) is 34.4 Å². The van der Waals surface area contributed by atoms with E-state index in [0.717, 1.165) is 22.3 Å². The maximum atomic E-state index is 9.16. The number of para-hydroxylation sites is 1. The molecule has 2 aromatic carbocycles. The van der Waals surface area contributed by atoms with Gasteiger partial charge in [-0.1, -0.05) is 12.1 Å². The molecule has 3 aromatic rings. The van der Waals surface area contributed by atoms with E-state index in [9.17, 15) is 0 Å². The number of nitrogens with one attached hydrogen (secondary N) is 1. The highest BCUT2D eigenvalue weighted by Crippen LogP contribution is 2.24. The fourth-order valence-corrected chi connectivity index (χ4v) is 2.74. The van der Waals surface area contributed by atoms with E-state index in [1.807, 2.05) is 35.8 Å². The second-order valence-electron chi connectivity index (χ2n) is 4.69. The Kier molecular flexibility index (Phi) is 3.06. The Bertz CT molecular complexity index is 996. The van der Waals surface area contributed by atoms with E-state index in [-0.39, 0.29) is 0 Å². The molecule has 3 rings (SSSR count). The number of aromatic amines is 1. The monoisotopic (exact) mass is 290 g/mol. The van der Waals surface area contributed by atoms with Gasteiger partial charge >= 0.3 is 0 Å². The first kappa shape index (κ1) is 13.1. The zero-order valence-corrected chi connectivity index (χ0v) is 12.0. The van der Waals surface area contributed by atoms with Gasteiger partial charge in [0.1, 0.15) is 12.1 Å². The lowest BCUT2D eigenvalue weighted by molar-refractivity contribution is 1.06. The summed E-state index contributed by atoms with van der Waals surface area (Å²) < 4.78 is 2.45. The smallest absolute Gasteiger partial charge is 0.182 e. The van der Waals surface area contributed by atoms with Crippen molar-refractivity contribution in [1.29, 1.82) is 10.5 Å². The topological polar surface area (TPSA) is 68.3 Å². The second kappa shape index (κ2) is 4.90. The van der Waals surface area contributed by atoms with Gasteiger partial charge in [-0.15, -0.1) is 0 Å². The van der Waals surface area contributed by atoms with Crippen LogP contribution in [0.2, 0.25) is 0 Å². The zero-order chi connectivity index (χ0) is 15.0. The summed E-state index contributed by atoms with van der Waals surface area (Å²) in [7, 11) is 0. The van der Waals surface area contributed by atoms with Gasteiger partial charge in [-0.05, 0) is 49.0 Å². The van der Waals surface area contributed by atoms with Crippen molar-refractivity contribution in [3.05, 3.63) is 57.9 Å². The minimum Gasteiger partial charge on any atom is -0.330 e. The highest BCUT2D eigenvalue weighted by molar-refractivity contribution is 7.71. The first-order valence-electron chi connectivity index (χ1n) is 6.30. The summed E-state index contributed by atoms with van der Waals surface area (Å²) >= 11 is 5.39. The van der Waals surface area contributed by atoms with Crippen LogP contribution < -0.4 is 0 Å². The van der Waals surface area contributed by atoms with E-state index in [4.69, 9.17) is 22.7 Å². The Labute approximate surface area is 126 Å². The Morgan fingerprint density at radius 3 is 2.57 bits per heavy atom. The van der Waals surface area contributed by atoms with Crippen molar-refractivity contribution in [2.45, 2.75) is 6.92 Å². The quantitative estimate of drug-likeness (QED) is 0.694. The number of H-pyrrole nitrogens is 1. The van der Waals surface area contributed by atoms with Crippen LogP contribution in [0.25, 0.3) is 16.7 Å². The molecule has 0 aliphatic carbocycles. The van der Waals surface area contributed by atoms with Crippen LogP contribution in [0.5, 0.6) is 0 Å². The van der Waals surface area contributed by atoms with E-state index in [1.54, 1.807) is 18.2 Å². The number of imidazole rings is 1. The number of hydrogen-bond acceptors (Lipinski definition) is 3. The standard InChI is InChI=1S/C16H10N4S/c1-10-3-2-4-14-15(10)20(16(21)19-14)13-6-5-11(8-17)12(7-13)9-18/h2-7H,1H3,(H,19,21). The SMILES string of the molecule is Cc1cccc2[nH]c(=S)n(-c3ccc(C#N)c(C#N)c3)c12. The minimum absolute atomic E-state index is 0.347. The molecule has 1 aromatic heterocycles. The first-order valence-corrected chi connectivity index (χ1v) is 6.71. The number of aromatic nitrogens is 2. The Hall–Kier alpha value is -2.89. The lowest BCUT2D eigenvalue weighted by Gasteiger charge is -2.07. The van der Waals surface area contributed by atoms with Crippen LogP contribution in [0.1, 0.15) is 16.7 Å². The zero-order valence-electron chi connectivity index (χ0n) is 11.2. The third-order valence-electron chi connectivity index (χ3n) is 3.41. The average Bonchev–Trinajstić information content (AvgIpc) is 2.84. The van der Waals surface area contributed by atoms with Crippen LogP contribution >= 0.6 is 12.2 Å². The molecular weight excluding hydrogens is 280 g/mol. The van der Waals surface area contributed by atoms with E-state index < -0.39 is 0 Å². The average molecular weight is 290 g/mol. The maximum Gasteiger partial charge on any atom is 0.182 e. The molecule has 0 aliphatic heterocycles. The number of rotatable bonds is 1. The number of hydrogen-bond donors (Lipinski definition) is 1. The van der Waals surface area contributed by atoms with Crippen LogP contribution in [0.15, 0.2) is 36.4 Å². The van der Waals surface area contributed by atoms with Crippen molar-refractivity contribution in [2.75, 3.05) is 0 Å². The molecule has 0 bridgehead atoms. The first-order chi connectivity index (χ1) is 10.2. The normalized spacial score (nSPS) is 10.2. The molecule has 5 heteroatoms. The maximum absolute atomic E-state index is 9.16. The largest absolute Gasteiger partial charge is 0.330 e. The lowest BCUT2D eigenvalue weighted by atomic mass is 10.1. The lowest BCUT2D eigenvalue weighted by Crippen LogP contribution is -1.97. The number of fused-ring (bicyclic) bond motifs is 1. The van der Waals surface area contributed by atoms with E-state index in [0.29, 0.717) is 15.9 Å².